The minimum atomic E-state index is -0.115. The number of nitrogens with zero attached hydrogens (tertiary/aromatic N) is 5. The summed E-state index contributed by atoms with van der Waals surface area (Å²) in [5.74, 6) is 1.34. The highest BCUT2D eigenvalue weighted by Crippen LogP contribution is 2.22. The van der Waals surface area contributed by atoms with Crippen molar-refractivity contribution in [2.24, 2.45) is 0 Å². The Bertz CT molecular complexity index is 1040. The maximum Gasteiger partial charge on any atom is 0.292 e. The van der Waals surface area contributed by atoms with Gasteiger partial charge in [-0.1, -0.05) is 18.2 Å². The van der Waals surface area contributed by atoms with Crippen molar-refractivity contribution >= 4 is 5.91 Å². The van der Waals surface area contributed by atoms with E-state index in [0.29, 0.717) is 23.0 Å². The van der Waals surface area contributed by atoms with Crippen LogP contribution in [0.15, 0.2) is 54.6 Å². The SMILES string of the molecule is C[C@H]1CCCN1C(=O)c1nnc(COc2ccc(C#N)cc2)n1-c1ccccc1. The van der Waals surface area contributed by atoms with Crippen molar-refractivity contribution in [3.63, 3.8) is 0 Å². The highest BCUT2D eigenvalue weighted by Gasteiger charge is 2.30. The Hall–Kier alpha value is -3.66. The molecule has 0 saturated carbocycles. The highest BCUT2D eigenvalue weighted by atomic mass is 16.5. The van der Waals surface area contributed by atoms with Crippen molar-refractivity contribution in [3.05, 3.63) is 71.8 Å². The summed E-state index contributed by atoms with van der Waals surface area (Å²) in [4.78, 5) is 15.0. The minimum Gasteiger partial charge on any atom is -0.486 e. The van der Waals surface area contributed by atoms with Gasteiger partial charge in [-0.25, -0.2) is 0 Å². The Morgan fingerprint density at radius 1 is 1.17 bits per heavy atom. The normalized spacial score (nSPS) is 15.9. The molecule has 0 N–H and O–H groups in total. The van der Waals surface area contributed by atoms with Crippen LogP contribution in [0.25, 0.3) is 5.69 Å². The molecule has 1 atom stereocenters. The van der Waals surface area contributed by atoms with Crippen LogP contribution in [0.4, 0.5) is 0 Å². The third-order valence-electron chi connectivity index (χ3n) is 5.10. The zero-order chi connectivity index (χ0) is 20.2. The number of nitriles is 1. The molecule has 1 aliphatic heterocycles. The second-order valence-corrected chi connectivity index (χ2v) is 7.03. The predicted octanol–water partition coefficient (Wildman–Crippen LogP) is 3.34. The van der Waals surface area contributed by atoms with Crippen LogP contribution in [0, 0.1) is 11.3 Å². The molecule has 1 aromatic heterocycles. The van der Waals surface area contributed by atoms with E-state index in [0.717, 1.165) is 25.1 Å². The molecule has 3 aromatic rings. The summed E-state index contributed by atoms with van der Waals surface area (Å²) in [5, 5.41) is 17.4. The van der Waals surface area contributed by atoms with Gasteiger partial charge in [0.15, 0.2) is 5.82 Å². The molecule has 0 bridgehead atoms. The van der Waals surface area contributed by atoms with Crippen LogP contribution >= 0.6 is 0 Å². The van der Waals surface area contributed by atoms with E-state index in [1.54, 1.807) is 28.8 Å². The zero-order valence-electron chi connectivity index (χ0n) is 16.2. The maximum atomic E-state index is 13.1. The fourth-order valence-corrected chi connectivity index (χ4v) is 3.53. The van der Waals surface area contributed by atoms with E-state index < -0.39 is 0 Å². The molecule has 7 heteroatoms. The first-order valence-electron chi connectivity index (χ1n) is 9.61. The van der Waals surface area contributed by atoms with Crippen molar-refractivity contribution < 1.29 is 9.53 Å². The summed E-state index contributed by atoms with van der Waals surface area (Å²) in [6.07, 6.45) is 2.00. The number of ether oxygens (including phenoxy) is 1. The molecular weight excluding hydrogens is 366 g/mol. The van der Waals surface area contributed by atoms with Gasteiger partial charge >= 0.3 is 0 Å². The van der Waals surface area contributed by atoms with E-state index in [1.165, 1.54) is 0 Å². The first kappa shape index (κ1) is 18.7. The largest absolute Gasteiger partial charge is 0.486 e. The molecule has 4 rings (SSSR count). The fourth-order valence-electron chi connectivity index (χ4n) is 3.53. The van der Waals surface area contributed by atoms with Crippen molar-refractivity contribution in [2.45, 2.75) is 32.4 Å². The van der Waals surface area contributed by atoms with Gasteiger partial charge in [0.2, 0.25) is 5.82 Å². The average molecular weight is 387 g/mol. The number of aromatic nitrogens is 3. The van der Waals surface area contributed by atoms with E-state index in [2.05, 4.69) is 23.2 Å². The van der Waals surface area contributed by atoms with Gasteiger partial charge in [-0.15, -0.1) is 10.2 Å². The lowest BCUT2D eigenvalue weighted by atomic mass is 10.2. The standard InChI is InChI=1S/C22H21N5O2/c1-16-6-5-13-26(16)22(28)21-25-24-20(27(21)18-7-3-2-4-8-18)15-29-19-11-9-17(14-23)10-12-19/h2-4,7-12,16H,5-6,13,15H2,1H3/t16-/m0/s1. The molecule has 1 saturated heterocycles. The highest BCUT2D eigenvalue weighted by molar-refractivity contribution is 5.91. The molecule has 0 unspecified atom stereocenters. The Kier molecular flexibility index (Phi) is 5.25. The number of carbonyl (C=O) groups excluding carboxylic acids is 1. The number of amides is 1. The predicted molar refractivity (Wildman–Crippen MR) is 107 cm³/mol. The Labute approximate surface area is 169 Å². The number of hydrogen-bond donors (Lipinski definition) is 0. The van der Waals surface area contributed by atoms with Crippen molar-refractivity contribution in [1.82, 2.24) is 19.7 Å². The van der Waals surface area contributed by atoms with Crippen LogP contribution in [-0.2, 0) is 6.61 Å². The molecule has 0 radical (unpaired) electrons. The quantitative estimate of drug-likeness (QED) is 0.670. The zero-order valence-corrected chi connectivity index (χ0v) is 16.2. The topological polar surface area (TPSA) is 84.0 Å². The minimum absolute atomic E-state index is 0.115. The van der Waals surface area contributed by atoms with E-state index >= 15 is 0 Å². The van der Waals surface area contributed by atoms with Gasteiger partial charge in [0, 0.05) is 18.3 Å². The van der Waals surface area contributed by atoms with E-state index in [9.17, 15) is 4.79 Å². The van der Waals surface area contributed by atoms with E-state index in [1.807, 2.05) is 35.2 Å². The van der Waals surface area contributed by atoms with Crippen LogP contribution in [-0.4, -0.2) is 38.2 Å². The smallest absolute Gasteiger partial charge is 0.292 e. The van der Waals surface area contributed by atoms with Gasteiger partial charge < -0.3 is 9.64 Å². The van der Waals surface area contributed by atoms with E-state index in [-0.39, 0.29) is 18.6 Å². The summed E-state index contributed by atoms with van der Waals surface area (Å²) >= 11 is 0. The summed E-state index contributed by atoms with van der Waals surface area (Å²) in [7, 11) is 0. The number of benzene rings is 2. The van der Waals surface area contributed by atoms with Gasteiger partial charge in [-0.3, -0.25) is 9.36 Å². The first-order chi connectivity index (χ1) is 14.2. The molecule has 2 heterocycles. The fraction of sp³-hybridized carbons (Fsp3) is 0.273. The second kappa shape index (κ2) is 8.15. The van der Waals surface area contributed by atoms with Crippen LogP contribution in [0.5, 0.6) is 5.75 Å². The molecule has 1 fully saturated rings. The van der Waals surface area contributed by atoms with Gasteiger partial charge in [-0.05, 0) is 56.2 Å². The summed E-state index contributed by atoms with van der Waals surface area (Å²) in [6.45, 7) is 2.94. The molecule has 0 spiro atoms. The monoisotopic (exact) mass is 387 g/mol. The summed E-state index contributed by atoms with van der Waals surface area (Å²) < 4.78 is 7.60. The maximum absolute atomic E-state index is 13.1. The number of carbonyl (C=O) groups is 1. The molecule has 7 nitrogen and oxygen atoms in total. The van der Waals surface area contributed by atoms with Gasteiger partial charge in [-0.2, -0.15) is 5.26 Å². The Morgan fingerprint density at radius 2 is 1.93 bits per heavy atom. The number of hydrogen-bond acceptors (Lipinski definition) is 5. The lowest BCUT2D eigenvalue weighted by molar-refractivity contribution is 0.0732. The van der Waals surface area contributed by atoms with Gasteiger partial charge in [0.05, 0.1) is 11.6 Å². The first-order valence-corrected chi connectivity index (χ1v) is 9.61. The summed E-state index contributed by atoms with van der Waals surface area (Å²) in [6, 6.07) is 18.7. The molecule has 1 amide bonds. The number of para-hydroxylation sites is 1. The number of likely N-dealkylation sites (tertiary alicyclic amines) is 1. The number of rotatable bonds is 5. The average Bonchev–Trinajstić information content (AvgIpc) is 3.39. The molecule has 2 aromatic carbocycles. The lowest BCUT2D eigenvalue weighted by Crippen LogP contribution is -2.35. The van der Waals surface area contributed by atoms with Gasteiger partial charge in [0.1, 0.15) is 12.4 Å². The van der Waals surface area contributed by atoms with Crippen LogP contribution in [0.2, 0.25) is 0 Å². The molecular formula is C22H21N5O2. The second-order valence-electron chi connectivity index (χ2n) is 7.03. The molecule has 29 heavy (non-hydrogen) atoms. The van der Waals surface area contributed by atoms with Crippen LogP contribution in [0.3, 0.4) is 0 Å². The van der Waals surface area contributed by atoms with E-state index in [4.69, 9.17) is 10.00 Å². The summed E-state index contributed by atoms with van der Waals surface area (Å²) in [5.41, 5.74) is 1.38. The van der Waals surface area contributed by atoms with Crippen LogP contribution in [0.1, 0.15) is 41.8 Å². The third kappa shape index (κ3) is 3.83. The Morgan fingerprint density at radius 3 is 2.59 bits per heavy atom. The van der Waals surface area contributed by atoms with Crippen LogP contribution < -0.4 is 4.74 Å². The lowest BCUT2D eigenvalue weighted by Gasteiger charge is -2.21. The Balaban J connectivity index is 1.64. The van der Waals surface area contributed by atoms with Crippen molar-refractivity contribution in [3.8, 4) is 17.5 Å². The van der Waals surface area contributed by atoms with Crippen molar-refractivity contribution in [2.75, 3.05) is 6.54 Å². The van der Waals surface area contributed by atoms with Gasteiger partial charge in [0.25, 0.3) is 5.91 Å². The third-order valence-corrected chi connectivity index (χ3v) is 5.10. The molecule has 1 aliphatic rings. The van der Waals surface area contributed by atoms with Crippen molar-refractivity contribution in [1.29, 1.82) is 5.26 Å². The molecule has 0 aliphatic carbocycles. The molecule has 146 valence electrons.